The average Bonchev–Trinajstić information content (AvgIpc) is 3.24. The van der Waals surface area contributed by atoms with Crippen LogP contribution in [0.15, 0.2) is 18.2 Å². The maximum atomic E-state index is 12.9. The van der Waals surface area contributed by atoms with E-state index >= 15 is 0 Å². The quantitative estimate of drug-likeness (QED) is 0.517. The minimum atomic E-state index is -3.41. The molecule has 0 radical (unpaired) electrons. The summed E-state index contributed by atoms with van der Waals surface area (Å²) in [6.45, 7) is 1.84. The van der Waals surface area contributed by atoms with E-state index in [1.165, 1.54) is 4.31 Å². The van der Waals surface area contributed by atoms with Gasteiger partial charge in [-0.3, -0.25) is 24.4 Å². The fourth-order valence-corrected chi connectivity index (χ4v) is 7.15. The molecule has 3 fully saturated rings. The summed E-state index contributed by atoms with van der Waals surface area (Å²) < 4.78 is 40.1. The topological polar surface area (TPSA) is 140 Å². The summed E-state index contributed by atoms with van der Waals surface area (Å²) in [5.74, 6) is -0.957. The molecule has 1 unspecified atom stereocenters. The van der Waals surface area contributed by atoms with Crippen LogP contribution in [0.3, 0.4) is 0 Å². The molecule has 200 valence electrons. The molecule has 3 aliphatic heterocycles. The number of benzene rings is 1. The van der Waals surface area contributed by atoms with Crippen LogP contribution in [0.5, 0.6) is 5.75 Å². The van der Waals surface area contributed by atoms with E-state index in [0.717, 1.165) is 5.39 Å². The number of amides is 3. The number of aryl methyl sites for hydroxylation is 1. The number of nitrogens with one attached hydrogen (secondary N) is 1. The zero-order chi connectivity index (χ0) is 26.2. The molecule has 0 spiro atoms. The van der Waals surface area contributed by atoms with Gasteiger partial charge in [0, 0.05) is 58.2 Å². The molecular weight excluding hydrogens is 502 g/mol. The Balaban J connectivity index is 1.22. The number of imide groups is 1. The number of para-hydroxylation sites is 1. The van der Waals surface area contributed by atoms with Crippen LogP contribution in [0.25, 0.3) is 10.9 Å². The lowest BCUT2D eigenvalue weighted by atomic mass is 9.93. The van der Waals surface area contributed by atoms with Crippen LogP contribution in [-0.2, 0) is 36.2 Å². The molecule has 4 heterocycles. The van der Waals surface area contributed by atoms with Gasteiger partial charge in [0.1, 0.15) is 11.3 Å². The zero-order valence-electron chi connectivity index (χ0n) is 20.7. The van der Waals surface area contributed by atoms with Crippen LogP contribution in [0.4, 0.5) is 0 Å². The highest BCUT2D eigenvalue weighted by Crippen LogP contribution is 2.34. The van der Waals surface area contributed by atoms with Crippen LogP contribution in [-0.4, -0.2) is 96.4 Å². The molecule has 1 N–H and O–H groups in total. The highest BCUT2D eigenvalue weighted by Gasteiger charge is 2.36. The summed E-state index contributed by atoms with van der Waals surface area (Å²) in [6, 6.07) is 5.36. The Kier molecular flexibility index (Phi) is 7.19. The average molecular weight is 534 g/mol. The Hall–Kier alpha value is -3.03. The van der Waals surface area contributed by atoms with Crippen LogP contribution in [0, 0.1) is 0 Å². The SMILES string of the molecule is Cn1nc(C2CCC(=O)NC2=O)c2cccc(OCC(=O)N3CCN(S(=O)(=O)C4CCOCC4)CC3)c21. The number of sulfonamides is 1. The summed E-state index contributed by atoms with van der Waals surface area (Å²) in [5, 5.41) is 7.21. The molecule has 1 aromatic carbocycles. The molecule has 2 aromatic rings. The number of fused-ring (bicyclic) bond motifs is 1. The second-order valence-electron chi connectivity index (χ2n) is 9.59. The number of rotatable bonds is 6. The van der Waals surface area contributed by atoms with Crippen molar-refractivity contribution in [1.29, 1.82) is 0 Å². The number of hydrogen-bond acceptors (Lipinski definition) is 8. The predicted octanol–water partition coefficient (Wildman–Crippen LogP) is 0.125. The number of aromatic nitrogens is 2. The minimum Gasteiger partial charge on any atom is -0.481 e. The number of nitrogens with zero attached hydrogens (tertiary/aromatic N) is 4. The van der Waals surface area contributed by atoms with Crippen LogP contribution < -0.4 is 10.1 Å². The Labute approximate surface area is 214 Å². The highest BCUT2D eigenvalue weighted by molar-refractivity contribution is 7.89. The lowest BCUT2D eigenvalue weighted by Gasteiger charge is -2.36. The third kappa shape index (κ3) is 5.07. The third-order valence-corrected chi connectivity index (χ3v) is 9.72. The summed E-state index contributed by atoms with van der Waals surface area (Å²) >= 11 is 0. The standard InChI is InChI=1S/C24H31N5O7S/c1-27-23-17(22(26-27)18-5-6-20(30)25-24(18)32)3-2-4-19(23)36-15-21(31)28-9-11-29(12-10-28)37(33,34)16-7-13-35-14-8-16/h2-4,16,18H,5-15H2,1H3,(H,25,30,32). The van der Waals surface area contributed by atoms with Gasteiger partial charge in [-0.1, -0.05) is 12.1 Å². The number of piperidine rings is 1. The van der Waals surface area contributed by atoms with Crippen molar-refractivity contribution in [2.24, 2.45) is 7.05 Å². The molecule has 1 aromatic heterocycles. The van der Waals surface area contributed by atoms with E-state index in [1.54, 1.807) is 28.8 Å². The fraction of sp³-hybridized carbons (Fsp3) is 0.583. The Morgan fingerprint density at radius 2 is 1.86 bits per heavy atom. The van der Waals surface area contributed by atoms with Gasteiger partial charge < -0.3 is 14.4 Å². The van der Waals surface area contributed by atoms with Gasteiger partial charge in [-0.05, 0) is 25.3 Å². The van der Waals surface area contributed by atoms with E-state index in [4.69, 9.17) is 9.47 Å². The fourth-order valence-electron chi connectivity index (χ4n) is 5.26. The van der Waals surface area contributed by atoms with Gasteiger partial charge in [0.15, 0.2) is 6.61 Å². The van der Waals surface area contributed by atoms with Crippen molar-refractivity contribution < 1.29 is 32.3 Å². The number of carbonyl (C=O) groups is 3. The first-order chi connectivity index (χ1) is 17.8. The first-order valence-corrected chi connectivity index (χ1v) is 14.0. The van der Waals surface area contributed by atoms with Gasteiger partial charge in [-0.15, -0.1) is 0 Å². The molecule has 3 aliphatic rings. The van der Waals surface area contributed by atoms with E-state index in [9.17, 15) is 22.8 Å². The monoisotopic (exact) mass is 533 g/mol. The number of carbonyl (C=O) groups excluding carboxylic acids is 3. The Bertz CT molecular complexity index is 1310. The molecule has 13 heteroatoms. The molecule has 0 saturated carbocycles. The molecular formula is C24H31N5O7S. The van der Waals surface area contributed by atoms with Crippen molar-refractivity contribution in [2.45, 2.75) is 36.9 Å². The normalized spacial score (nSPS) is 22.3. The number of piperazine rings is 1. The minimum absolute atomic E-state index is 0.204. The first kappa shape index (κ1) is 25.6. The molecule has 37 heavy (non-hydrogen) atoms. The van der Waals surface area contributed by atoms with Crippen LogP contribution in [0.2, 0.25) is 0 Å². The molecule has 12 nitrogen and oxygen atoms in total. The van der Waals surface area contributed by atoms with Crippen molar-refractivity contribution >= 4 is 38.6 Å². The Morgan fingerprint density at radius 3 is 2.57 bits per heavy atom. The van der Waals surface area contributed by atoms with Crippen molar-refractivity contribution in [3.8, 4) is 5.75 Å². The predicted molar refractivity (Wildman–Crippen MR) is 132 cm³/mol. The largest absolute Gasteiger partial charge is 0.481 e. The molecule has 3 saturated heterocycles. The van der Waals surface area contributed by atoms with E-state index in [2.05, 4.69) is 10.4 Å². The summed E-state index contributed by atoms with van der Waals surface area (Å²) in [4.78, 5) is 38.4. The number of ether oxygens (including phenoxy) is 2. The molecule has 3 amide bonds. The van der Waals surface area contributed by atoms with Crippen LogP contribution >= 0.6 is 0 Å². The van der Waals surface area contributed by atoms with E-state index in [0.29, 0.717) is 62.5 Å². The van der Waals surface area contributed by atoms with Gasteiger partial charge in [-0.25, -0.2) is 8.42 Å². The molecule has 0 aliphatic carbocycles. The van der Waals surface area contributed by atoms with Crippen molar-refractivity contribution in [3.05, 3.63) is 23.9 Å². The molecule has 1 atom stereocenters. The smallest absolute Gasteiger partial charge is 0.260 e. The van der Waals surface area contributed by atoms with E-state index < -0.39 is 21.2 Å². The van der Waals surface area contributed by atoms with Crippen molar-refractivity contribution in [2.75, 3.05) is 46.0 Å². The second-order valence-corrected chi connectivity index (χ2v) is 11.8. The highest BCUT2D eigenvalue weighted by atomic mass is 32.2. The maximum absolute atomic E-state index is 12.9. The van der Waals surface area contributed by atoms with Gasteiger partial charge in [-0.2, -0.15) is 9.40 Å². The van der Waals surface area contributed by atoms with E-state index in [-0.39, 0.29) is 43.8 Å². The maximum Gasteiger partial charge on any atom is 0.260 e. The number of hydrogen-bond donors (Lipinski definition) is 1. The summed E-state index contributed by atoms with van der Waals surface area (Å²) in [5.41, 5.74) is 1.23. The van der Waals surface area contributed by atoms with Gasteiger partial charge >= 0.3 is 0 Å². The molecule has 5 rings (SSSR count). The second kappa shape index (κ2) is 10.4. The van der Waals surface area contributed by atoms with Gasteiger partial charge in [0.05, 0.1) is 16.9 Å². The van der Waals surface area contributed by atoms with Crippen LogP contribution in [0.1, 0.15) is 37.3 Å². The third-order valence-electron chi connectivity index (χ3n) is 7.32. The van der Waals surface area contributed by atoms with Crippen molar-refractivity contribution in [3.63, 3.8) is 0 Å². The van der Waals surface area contributed by atoms with E-state index in [1.807, 2.05) is 6.07 Å². The lowest BCUT2D eigenvalue weighted by Crippen LogP contribution is -2.53. The van der Waals surface area contributed by atoms with Gasteiger partial charge in [0.2, 0.25) is 21.8 Å². The molecule has 0 bridgehead atoms. The summed E-state index contributed by atoms with van der Waals surface area (Å²) in [6.07, 6.45) is 1.64. The Morgan fingerprint density at radius 1 is 1.14 bits per heavy atom. The zero-order valence-corrected chi connectivity index (χ0v) is 21.5. The van der Waals surface area contributed by atoms with Gasteiger partial charge in [0.25, 0.3) is 5.91 Å². The first-order valence-electron chi connectivity index (χ1n) is 12.5. The summed E-state index contributed by atoms with van der Waals surface area (Å²) in [7, 11) is -1.66. The van der Waals surface area contributed by atoms with Crippen molar-refractivity contribution in [1.82, 2.24) is 24.3 Å². The lowest BCUT2D eigenvalue weighted by molar-refractivity contribution is -0.135.